The Morgan fingerprint density at radius 3 is 2.62 bits per heavy atom. The van der Waals surface area contributed by atoms with Gasteiger partial charge in [0.25, 0.3) is 0 Å². The topological polar surface area (TPSA) is 38.9 Å². The van der Waals surface area contributed by atoms with Gasteiger partial charge in [0.1, 0.15) is 5.82 Å². The van der Waals surface area contributed by atoms with Crippen LogP contribution in [0.4, 0.5) is 19.0 Å². The van der Waals surface area contributed by atoms with Crippen LogP contribution in [0.25, 0.3) is 0 Å². The molecule has 0 unspecified atom stereocenters. The molecule has 0 radical (unpaired) electrons. The van der Waals surface area contributed by atoms with Gasteiger partial charge in [0.2, 0.25) is 0 Å². The second-order valence-corrected chi connectivity index (χ2v) is 4.11. The molecule has 2 N–H and O–H groups in total. The van der Waals surface area contributed by atoms with E-state index >= 15 is 0 Å². The molecule has 0 saturated carbocycles. The van der Waals surface area contributed by atoms with Crippen molar-refractivity contribution in [1.29, 1.82) is 0 Å². The van der Waals surface area contributed by atoms with Crippen molar-refractivity contribution in [3.05, 3.63) is 16.7 Å². The summed E-state index contributed by atoms with van der Waals surface area (Å²) in [7, 11) is 0. The molecule has 0 aliphatic heterocycles. The number of rotatable bonds is 1. The van der Waals surface area contributed by atoms with Gasteiger partial charge in [0.05, 0.1) is 4.90 Å². The lowest BCUT2D eigenvalue weighted by atomic mass is 10.5. The van der Waals surface area contributed by atoms with E-state index in [1.807, 2.05) is 0 Å². The smallest absolute Gasteiger partial charge is 0.383 e. The third kappa shape index (κ3) is 3.43. The van der Waals surface area contributed by atoms with E-state index in [1.54, 1.807) is 0 Å². The van der Waals surface area contributed by atoms with Crippen molar-refractivity contribution in [3.8, 4) is 0 Å². The number of nitrogens with zero attached hydrogens (tertiary/aromatic N) is 1. The van der Waals surface area contributed by atoms with Crippen LogP contribution in [0.1, 0.15) is 0 Å². The number of nitrogens with two attached hydrogens (primary N) is 1. The van der Waals surface area contributed by atoms with Gasteiger partial charge >= 0.3 is 5.51 Å². The quantitative estimate of drug-likeness (QED) is 0.799. The number of anilines is 1. The summed E-state index contributed by atoms with van der Waals surface area (Å²) in [6.07, 6.45) is 1.34. The molecule has 0 atom stereocenters. The molecule has 0 aliphatic carbocycles. The number of hydrogen-bond acceptors (Lipinski definition) is 3. The summed E-state index contributed by atoms with van der Waals surface area (Å²) in [5.41, 5.74) is 0.907. The lowest BCUT2D eigenvalue weighted by molar-refractivity contribution is -0.0328. The van der Waals surface area contributed by atoms with Crippen LogP contribution in [0.5, 0.6) is 0 Å². The van der Waals surface area contributed by atoms with E-state index in [0.717, 1.165) is 0 Å². The summed E-state index contributed by atoms with van der Waals surface area (Å²) < 4.78 is 36.2. The molecule has 0 bridgehead atoms. The Hall–Kier alpha value is -0.430. The number of pyridine rings is 1. The fourth-order valence-corrected chi connectivity index (χ4v) is 1.71. The van der Waals surface area contributed by atoms with Gasteiger partial charge in [-0.05, 0) is 33.8 Å². The first-order valence-corrected chi connectivity index (χ1v) is 4.66. The SMILES string of the molecule is Nc1ncc(Br)cc1SC(F)(F)F. The standard InChI is InChI=1S/C6H4BrF3N2S/c7-3-1-4(5(11)12-2-3)13-6(8,9)10/h1-2H,(H2,11,12). The number of halogens is 4. The van der Waals surface area contributed by atoms with Crippen molar-refractivity contribution < 1.29 is 13.2 Å². The predicted molar refractivity (Wildman–Crippen MR) is 48.3 cm³/mol. The first kappa shape index (κ1) is 10.6. The molecule has 72 valence electrons. The minimum Gasteiger partial charge on any atom is -0.383 e. The Kier molecular flexibility index (Phi) is 3.07. The molecule has 1 aromatic heterocycles. The second kappa shape index (κ2) is 3.75. The first-order chi connectivity index (χ1) is 5.88. The maximum atomic E-state index is 11.9. The van der Waals surface area contributed by atoms with Crippen molar-refractivity contribution in [2.75, 3.05) is 5.73 Å². The molecule has 7 heteroatoms. The molecule has 0 saturated heterocycles. The molecule has 0 spiro atoms. The fraction of sp³-hybridized carbons (Fsp3) is 0.167. The number of thioether (sulfide) groups is 1. The zero-order chi connectivity index (χ0) is 10.1. The molecule has 0 amide bonds. The van der Waals surface area contributed by atoms with E-state index in [0.29, 0.717) is 4.47 Å². The summed E-state index contributed by atoms with van der Waals surface area (Å²) in [5, 5.41) is 0. The number of aromatic nitrogens is 1. The Bertz CT molecular complexity index is 315. The van der Waals surface area contributed by atoms with Gasteiger partial charge in [-0.25, -0.2) is 4.98 Å². The monoisotopic (exact) mass is 272 g/mol. The Morgan fingerprint density at radius 2 is 2.08 bits per heavy atom. The highest BCUT2D eigenvalue weighted by atomic mass is 79.9. The van der Waals surface area contributed by atoms with Crippen LogP contribution in [0.3, 0.4) is 0 Å². The van der Waals surface area contributed by atoms with Crippen LogP contribution in [-0.4, -0.2) is 10.5 Å². The predicted octanol–water partition coefficient (Wildman–Crippen LogP) is 3.04. The van der Waals surface area contributed by atoms with Crippen molar-refractivity contribution in [2.45, 2.75) is 10.4 Å². The van der Waals surface area contributed by atoms with Crippen LogP contribution in [0, 0.1) is 0 Å². The van der Waals surface area contributed by atoms with Crippen LogP contribution in [0.15, 0.2) is 21.6 Å². The highest BCUT2D eigenvalue weighted by molar-refractivity contribution is 9.10. The number of alkyl halides is 3. The molecule has 0 fully saturated rings. The molecule has 1 aromatic rings. The molecule has 13 heavy (non-hydrogen) atoms. The Labute approximate surface area is 84.8 Å². The minimum atomic E-state index is -4.34. The fourth-order valence-electron chi connectivity index (χ4n) is 0.638. The van der Waals surface area contributed by atoms with Gasteiger partial charge in [-0.3, -0.25) is 0 Å². The van der Waals surface area contributed by atoms with E-state index in [9.17, 15) is 13.2 Å². The van der Waals surface area contributed by atoms with Gasteiger partial charge in [-0.2, -0.15) is 13.2 Å². The van der Waals surface area contributed by atoms with E-state index in [4.69, 9.17) is 5.73 Å². The van der Waals surface area contributed by atoms with Gasteiger partial charge in [-0.15, -0.1) is 0 Å². The van der Waals surface area contributed by atoms with Gasteiger partial charge in [0, 0.05) is 10.7 Å². The average Bonchev–Trinajstić information content (AvgIpc) is 1.94. The van der Waals surface area contributed by atoms with Crippen LogP contribution in [0.2, 0.25) is 0 Å². The second-order valence-electron chi connectivity index (χ2n) is 2.08. The van der Waals surface area contributed by atoms with Crippen LogP contribution in [-0.2, 0) is 0 Å². The largest absolute Gasteiger partial charge is 0.446 e. The normalized spacial score (nSPS) is 11.7. The molecule has 1 heterocycles. The van der Waals surface area contributed by atoms with Crippen molar-refractivity contribution in [1.82, 2.24) is 4.98 Å². The van der Waals surface area contributed by atoms with Crippen molar-refractivity contribution in [3.63, 3.8) is 0 Å². The summed E-state index contributed by atoms with van der Waals surface area (Å²) >= 11 is 2.73. The van der Waals surface area contributed by atoms with E-state index in [1.165, 1.54) is 12.3 Å². The highest BCUT2D eigenvalue weighted by Gasteiger charge is 2.30. The summed E-state index contributed by atoms with van der Waals surface area (Å²) in [4.78, 5) is 3.48. The zero-order valence-electron chi connectivity index (χ0n) is 6.10. The van der Waals surface area contributed by atoms with E-state index < -0.39 is 5.51 Å². The lowest BCUT2D eigenvalue weighted by Crippen LogP contribution is -2.02. The van der Waals surface area contributed by atoms with E-state index in [2.05, 4.69) is 20.9 Å². The average molecular weight is 273 g/mol. The van der Waals surface area contributed by atoms with Crippen LogP contribution >= 0.6 is 27.7 Å². The van der Waals surface area contributed by atoms with Gasteiger partial charge in [-0.1, -0.05) is 0 Å². The Morgan fingerprint density at radius 1 is 1.46 bits per heavy atom. The third-order valence-electron chi connectivity index (χ3n) is 1.07. The van der Waals surface area contributed by atoms with Gasteiger partial charge < -0.3 is 5.73 Å². The van der Waals surface area contributed by atoms with E-state index in [-0.39, 0.29) is 22.5 Å². The Balaban J connectivity index is 2.94. The molecular weight excluding hydrogens is 269 g/mol. The molecule has 1 rings (SSSR count). The molecule has 0 aliphatic rings. The summed E-state index contributed by atoms with van der Waals surface area (Å²) in [6, 6.07) is 1.28. The lowest BCUT2D eigenvalue weighted by Gasteiger charge is -2.07. The summed E-state index contributed by atoms with van der Waals surface area (Å²) in [5.74, 6) is -0.120. The van der Waals surface area contributed by atoms with Crippen molar-refractivity contribution >= 4 is 33.5 Å². The number of nitrogen functional groups attached to an aromatic ring is 1. The first-order valence-electron chi connectivity index (χ1n) is 3.05. The maximum Gasteiger partial charge on any atom is 0.446 e. The molecular formula is C6H4BrF3N2S. The highest BCUT2D eigenvalue weighted by Crippen LogP contribution is 2.39. The number of hydrogen-bond donors (Lipinski definition) is 1. The molecule has 0 aromatic carbocycles. The van der Waals surface area contributed by atoms with Gasteiger partial charge in [0.15, 0.2) is 0 Å². The molecule has 2 nitrogen and oxygen atoms in total. The maximum absolute atomic E-state index is 11.9. The zero-order valence-corrected chi connectivity index (χ0v) is 8.50. The van der Waals surface area contributed by atoms with Crippen LogP contribution < -0.4 is 5.73 Å². The minimum absolute atomic E-state index is 0.0955. The van der Waals surface area contributed by atoms with Crippen molar-refractivity contribution in [2.24, 2.45) is 0 Å². The third-order valence-corrected chi connectivity index (χ3v) is 2.29. The summed E-state index contributed by atoms with van der Waals surface area (Å²) in [6.45, 7) is 0.